The average molecular weight is 392 g/mol. The van der Waals surface area contributed by atoms with Gasteiger partial charge < -0.3 is 4.90 Å². The second-order valence-corrected chi connectivity index (χ2v) is 12.1. The third kappa shape index (κ3) is 7.79. The first-order valence-electron chi connectivity index (χ1n) is 8.94. The molecule has 0 N–H and O–H groups in total. The molecule has 0 radical (unpaired) electrons. The highest BCUT2D eigenvalue weighted by Crippen LogP contribution is 2.30. The Morgan fingerprint density at radius 1 is 0.720 bits per heavy atom. The zero-order valence-electron chi connectivity index (χ0n) is 15.8. The molecule has 0 amide bonds. The summed E-state index contributed by atoms with van der Waals surface area (Å²) in [5, 5.41) is 3.06. The Balaban J connectivity index is 1.83. The SMILES string of the molecule is CSCCN(CCP(C)c1ccccc1)CCP(C)c1ccccc1. The fourth-order valence-electron chi connectivity index (χ4n) is 2.76. The molecule has 2 rings (SSSR count). The van der Waals surface area contributed by atoms with E-state index in [-0.39, 0.29) is 15.8 Å². The van der Waals surface area contributed by atoms with E-state index in [2.05, 4.69) is 85.1 Å². The minimum absolute atomic E-state index is 0.0362. The number of nitrogens with zero attached hydrogens (tertiary/aromatic N) is 1. The van der Waals surface area contributed by atoms with E-state index in [1.54, 1.807) is 0 Å². The van der Waals surface area contributed by atoms with Gasteiger partial charge in [0.1, 0.15) is 0 Å². The van der Waals surface area contributed by atoms with E-state index in [1.165, 1.54) is 48.3 Å². The average Bonchev–Trinajstić information content (AvgIpc) is 2.68. The van der Waals surface area contributed by atoms with Crippen LogP contribution < -0.4 is 10.6 Å². The molecule has 0 aromatic heterocycles. The maximum atomic E-state index is 2.69. The van der Waals surface area contributed by atoms with E-state index in [4.69, 9.17) is 0 Å². The second kappa shape index (κ2) is 12.1. The van der Waals surface area contributed by atoms with Crippen molar-refractivity contribution in [1.82, 2.24) is 4.90 Å². The highest BCUT2D eigenvalue weighted by Gasteiger charge is 2.11. The maximum Gasteiger partial charge on any atom is 0.00725 e. The van der Waals surface area contributed by atoms with E-state index >= 15 is 0 Å². The van der Waals surface area contributed by atoms with Crippen molar-refractivity contribution < 1.29 is 0 Å². The van der Waals surface area contributed by atoms with Gasteiger partial charge in [-0.1, -0.05) is 76.5 Å². The van der Waals surface area contributed by atoms with Crippen LogP contribution in [0.4, 0.5) is 0 Å². The molecular formula is C21H31NP2S. The first-order chi connectivity index (χ1) is 12.2. The fourth-order valence-corrected chi connectivity index (χ4v) is 6.25. The van der Waals surface area contributed by atoms with E-state index < -0.39 is 0 Å². The predicted molar refractivity (Wildman–Crippen MR) is 122 cm³/mol. The molecule has 0 aliphatic rings. The molecule has 25 heavy (non-hydrogen) atoms. The molecule has 0 bridgehead atoms. The molecule has 0 aliphatic heterocycles. The van der Waals surface area contributed by atoms with E-state index in [0.717, 1.165) is 0 Å². The standard InChI is InChI=1S/C21H31NP2S/c1-23(20-10-6-4-7-11-20)17-14-22(16-19-25-3)15-18-24(2)21-12-8-5-9-13-21/h4-13H,14-19H2,1-3H3. The Hall–Kier alpha value is -0.390. The molecule has 4 heteroatoms. The van der Waals surface area contributed by atoms with Gasteiger partial charge in [0.15, 0.2) is 0 Å². The quantitative estimate of drug-likeness (QED) is 0.518. The molecule has 136 valence electrons. The van der Waals surface area contributed by atoms with Gasteiger partial charge in [-0.15, -0.1) is 0 Å². The van der Waals surface area contributed by atoms with Gasteiger partial charge in [0, 0.05) is 25.4 Å². The van der Waals surface area contributed by atoms with Crippen LogP contribution in [-0.2, 0) is 0 Å². The van der Waals surface area contributed by atoms with Crippen molar-refractivity contribution in [3.05, 3.63) is 60.7 Å². The summed E-state index contributed by atoms with van der Waals surface area (Å²) < 4.78 is 0. The van der Waals surface area contributed by atoms with Crippen LogP contribution in [-0.4, -0.2) is 62.2 Å². The predicted octanol–water partition coefficient (Wildman–Crippen LogP) is 4.53. The van der Waals surface area contributed by atoms with Crippen molar-refractivity contribution in [2.75, 3.05) is 57.3 Å². The zero-order valence-corrected chi connectivity index (χ0v) is 18.4. The van der Waals surface area contributed by atoms with Crippen molar-refractivity contribution >= 4 is 38.2 Å². The largest absolute Gasteiger partial charge is 0.302 e. The Morgan fingerprint density at radius 3 is 1.56 bits per heavy atom. The molecule has 2 atom stereocenters. The van der Waals surface area contributed by atoms with Gasteiger partial charge >= 0.3 is 0 Å². The molecule has 0 aliphatic carbocycles. The van der Waals surface area contributed by atoms with Gasteiger partial charge in [-0.05, 0) is 42.5 Å². The molecule has 0 saturated carbocycles. The van der Waals surface area contributed by atoms with Crippen LogP contribution in [0.25, 0.3) is 0 Å². The van der Waals surface area contributed by atoms with Gasteiger partial charge in [0.25, 0.3) is 0 Å². The summed E-state index contributed by atoms with van der Waals surface area (Å²) in [6.45, 7) is 8.53. The molecule has 0 fully saturated rings. The lowest BCUT2D eigenvalue weighted by Gasteiger charge is -2.25. The molecule has 2 aromatic carbocycles. The summed E-state index contributed by atoms with van der Waals surface area (Å²) in [4.78, 5) is 2.69. The van der Waals surface area contributed by atoms with Crippen molar-refractivity contribution in [2.45, 2.75) is 0 Å². The van der Waals surface area contributed by atoms with Crippen LogP contribution in [0.15, 0.2) is 60.7 Å². The minimum Gasteiger partial charge on any atom is -0.302 e. The maximum absolute atomic E-state index is 2.69. The van der Waals surface area contributed by atoms with Crippen LogP contribution in [0.1, 0.15) is 0 Å². The number of thioether (sulfide) groups is 1. The van der Waals surface area contributed by atoms with Crippen LogP contribution in [0.2, 0.25) is 0 Å². The Kier molecular flexibility index (Phi) is 10.1. The first kappa shape index (κ1) is 20.9. The molecule has 2 aromatic rings. The molecule has 0 saturated heterocycles. The molecule has 0 spiro atoms. The Bertz CT molecular complexity index is 529. The van der Waals surface area contributed by atoms with Crippen molar-refractivity contribution in [1.29, 1.82) is 0 Å². The molecule has 2 unspecified atom stereocenters. The van der Waals surface area contributed by atoms with Crippen molar-refractivity contribution in [3.8, 4) is 0 Å². The summed E-state index contributed by atoms with van der Waals surface area (Å²) in [5.74, 6) is 1.24. The summed E-state index contributed by atoms with van der Waals surface area (Å²) in [5.41, 5.74) is 0. The van der Waals surface area contributed by atoms with Crippen LogP contribution in [0.3, 0.4) is 0 Å². The number of rotatable bonds is 11. The monoisotopic (exact) mass is 391 g/mol. The van der Waals surface area contributed by atoms with Gasteiger partial charge in [-0.2, -0.15) is 11.8 Å². The van der Waals surface area contributed by atoms with Crippen LogP contribution >= 0.6 is 27.6 Å². The van der Waals surface area contributed by atoms with Crippen molar-refractivity contribution in [2.24, 2.45) is 0 Å². The lowest BCUT2D eigenvalue weighted by atomic mass is 10.4. The lowest BCUT2D eigenvalue weighted by Crippen LogP contribution is -2.32. The first-order valence-corrected chi connectivity index (χ1v) is 14.3. The summed E-state index contributed by atoms with van der Waals surface area (Å²) >= 11 is 1.96. The Labute approximate surface area is 161 Å². The zero-order chi connectivity index (χ0) is 17.9. The van der Waals surface area contributed by atoms with Gasteiger partial charge in [0.2, 0.25) is 0 Å². The highest BCUT2D eigenvalue weighted by atomic mass is 32.2. The van der Waals surface area contributed by atoms with Crippen molar-refractivity contribution in [3.63, 3.8) is 0 Å². The summed E-state index contributed by atoms with van der Waals surface area (Å²) in [6, 6.07) is 22.1. The third-order valence-corrected chi connectivity index (χ3v) is 9.20. The normalized spacial score (nSPS) is 13.8. The van der Waals surface area contributed by atoms with Crippen LogP contribution in [0.5, 0.6) is 0 Å². The second-order valence-electron chi connectivity index (χ2n) is 6.35. The van der Waals surface area contributed by atoms with E-state index in [1.807, 2.05) is 11.8 Å². The third-order valence-electron chi connectivity index (χ3n) is 4.51. The van der Waals surface area contributed by atoms with Gasteiger partial charge in [-0.25, -0.2) is 0 Å². The lowest BCUT2D eigenvalue weighted by molar-refractivity contribution is 0.328. The Morgan fingerprint density at radius 2 is 1.16 bits per heavy atom. The minimum atomic E-state index is -0.0362. The number of hydrogen-bond donors (Lipinski definition) is 0. The van der Waals surface area contributed by atoms with E-state index in [0.29, 0.717) is 0 Å². The van der Waals surface area contributed by atoms with Gasteiger partial charge in [-0.3, -0.25) is 0 Å². The smallest absolute Gasteiger partial charge is 0.00725 e. The topological polar surface area (TPSA) is 3.24 Å². The molecular weight excluding hydrogens is 360 g/mol. The molecule has 0 heterocycles. The van der Waals surface area contributed by atoms with Gasteiger partial charge in [0.05, 0.1) is 0 Å². The van der Waals surface area contributed by atoms with Crippen LogP contribution in [0, 0.1) is 0 Å². The molecule has 1 nitrogen and oxygen atoms in total. The fraction of sp³-hybridized carbons (Fsp3) is 0.429. The number of hydrogen-bond acceptors (Lipinski definition) is 2. The van der Waals surface area contributed by atoms with E-state index in [9.17, 15) is 0 Å². The number of benzene rings is 2. The highest BCUT2D eigenvalue weighted by molar-refractivity contribution is 7.98. The summed E-state index contributed by atoms with van der Waals surface area (Å²) in [7, 11) is -0.0725. The summed E-state index contributed by atoms with van der Waals surface area (Å²) in [6.07, 6.45) is 4.83.